The van der Waals surface area contributed by atoms with E-state index < -0.39 is 0 Å². The zero-order valence-electron chi connectivity index (χ0n) is 8.54. The maximum absolute atomic E-state index is 9.11. The number of ether oxygens (including phenoxy) is 1. The van der Waals surface area contributed by atoms with E-state index in [4.69, 9.17) is 9.84 Å². The van der Waals surface area contributed by atoms with Crippen LogP contribution in [0.1, 0.15) is 25.7 Å². The lowest BCUT2D eigenvalue weighted by Gasteiger charge is -2.21. The number of rotatable bonds is 5. The molecule has 3 nitrogen and oxygen atoms in total. The molecule has 0 saturated heterocycles. The molecular weight excluding hydrogens is 178 g/mol. The Balaban J connectivity index is 1.60. The van der Waals surface area contributed by atoms with Gasteiger partial charge in [-0.15, -0.1) is 0 Å². The first-order chi connectivity index (χ1) is 6.85. The van der Waals surface area contributed by atoms with Gasteiger partial charge in [0.15, 0.2) is 0 Å². The zero-order valence-corrected chi connectivity index (χ0v) is 8.54. The minimum atomic E-state index is 0.213. The normalized spacial score (nSPS) is 28.5. The third kappa shape index (κ3) is 2.49. The Hall–Kier alpha value is -0.540. The van der Waals surface area contributed by atoms with Crippen molar-refractivity contribution in [3.05, 3.63) is 12.3 Å². The summed E-state index contributed by atoms with van der Waals surface area (Å²) in [4.78, 5) is 0. The van der Waals surface area contributed by atoms with Gasteiger partial charge >= 0.3 is 0 Å². The Morgan fingerprint density at radius 1 is 1.50 bits per heavy atom. The maximum atomic E-state index is 9.11. The molecule has 0 aromatic rings. The molecule has 80 valence electrons. The van der Waals surface area contributed by atoms with Gasteiger partial charge in [0.2, 0.25) is 0 Å². The third-order valence-corrected chi connectivity index (χ3v) is 3.19. The van der Waals surface area contributed by atoms with Crippen LogP contribution in [-0.2, 0) is 4.74 Å². The van der Waals surface area contributed by atoms with E-state index in [0.29, 0.717) is 12.7 Å². The lowest BCUT2D eigenvalue weighted by atomic mass is 10.1. The Kier molecular flexibility index (Phi) is 3.08. The van der Waals surface area contributed by atoms with E-state index in [1.165, 1.54) is 12.8 Å². The van der Waals surface area contributed by atoms with Crippen LogP contribution in [-0.4, -0.2) is 30.9 Å². The molecule has 1 unspecified atom stereocenters. The van der Waals surface area contributed by atoms with Crippen molar-refractivity contribution in [3.8, 4) is 0 Å². The van der Waals surface area contributed by atoms with Gasteiger partial charge in [0, 0.05) is 25.1 Å². The molecule has 1 aliphatic carbocycles. The van der Waals surface area contributed by atoms with Crippen LogP contribution < -0.4 is 5.32 Å². The van der Waals surface area contributed by atoms with Crippen LogP contribution >= 0.6 is 0 Å². The first-order valence-corrected chi connectivity index (χ1v) is 5.47. The number of aliphatic hydroxyl groups is 1. The molecule has 2 aliphatic rings. The van der Waals surface area contributed by atoms with Crippen molar-refractivity contribution in [2.45, 2.75) is 31.8 Å². The third-order valence-electron chi connectivity index (χ3n) is 3.19. The summed E-state index contributed by atoms with van der Waals surface area (Å²) in [6.45, 7) is 2.17. The lowest BCUT2D eigenvalue weighted by molar-refractivity contribution is 0.118. The topological polar surface area (TPSA) is 41.5 Å². The van der Waals surface area contributed by atoms with Gasteiger partial charge in [0.25, 0.3) is 0 Å². The molecule has 3 heteroatoms. The minimum Gasteiger partial charge on any atom is -0.497 e. The summed E-state index contributed by atoms with van der Waals surface area (Å²) in [6.07, 6.45) is 8.76. The molecule has 1 fully saturated rings. The first-order valence-electron chi connectivity index (χ1n) is 5.47. The summed E-state index contributed by atoms with van der Waals surface area (Å²) in [6, 6.07) is 0. The molecule has 1 heterocycles. The first kappa shape index (κ1) is 9.99. The highest BCUT2D eigenvalue weighted by Gasteiger charge is 2.41. The molecule has 1 atom stereocenters. The van der Waals surface area contributed by atoms with Gasteiger partial charge in [-0.1, -0.05) is 0 Å². The summed E-state index contributed by atoms with van der Waals surface area (Å²) in [5.41, 5.74) is 0.213. The van der Waals surface area contributed by atoms with Crippen molar-refractivity contribution in [2.75, 3.05) is 19.7 Å². The van der Waals surface area contributed by atoms with Crippen LogP contribution in [0.15, 0.2) is 12.3 Å². The fraction of sp³-hybridized carbons (Fsp3) is 0.818. The molecule has 0 spiro atoms. The molecule has 2 N–H and O–H groups in total. The van der Waals surface area contributed by atoms with Crippen LogP contribution in [0, 0.1) is 5.41 Å². The summed E-state index contributed by atoms with van der Waals surface area (Å²) in [7, 11) is 0. The minimum absolute atomic E-state index is 0.213. The Labute approximate surface area is 85.1 Å². The van der Waals surface area contributed by atoms with Crippen LogP contribution in [0.4, 0.5) is 0 Å². The molecule has 0 bridgehead atoms. The Morgan fingerprint density at radius 3 is 2.93 bits per heavy atom. The lowest BCUT2D eigenvalue weighted by Crippen LogP contribution is -2.34. The second kappa shape index (κ2) is 4.32. The number of nitrogens with one attached hydrogen (secondary N) is 1. The standard InChI is InChI=1S/C11H19NO2/c13-9-11(4-5-11)8-12-7-10-3-1-2-6-14-10/h2,6,10,12-13H,1,3-5,7-9H2. The highest BCUT2D eigenvalue weighted by Crippen LogP contribution is 2.44. The maximum Gasteiger partial charge on any atom is 0.110 e. The van der Waals surface area contributed by atoms with Gasteiger partial charge in [0.1, 0.15) is 6.10 Å². The molecule has 0 radical (unpaired) electrons. The molecule has 2 rings (SSSR count). The van der Waals surface area contributed by atoms with Gasteiger partial charge in [-0.2, -0.15) is 0 Å². The van der Waals surface area contributed by atoms with E-state index in [0.717, 1.165) is 25.9 Å². The number of hydrogen-bond donors (Lipinski definition) is 2. The van der Waals surface area contributed by atoms with E-state index >= 15 is 0 Å². The predicted octanol–water partition coefficient (Wildman–Crippen LogP) is 1.04. The highest BCUT2D eigenvalue weighted by molar-refractivity contribution is 4.94. The van der Waals surface area contributed by atoms with Gasteiger partial charge < -0.3 is 15.2 Å². The van der Waals surface area contributed by atoms with Crippen molar-refractivity contribution < 1.29 is 9.84 Å². The molecule has 0 aromatic carbocycles. The fourth-order valence-electron chi connectivity index (χ4n) is 1.80. The van der Waals surface area contributed by atoms with Crippen LogP contribution in [0.3, 0.4) is 0 Å². The van der Waals surface area contributed by atoms with Crippen molar-refractivity contribution in [1.29, 1.82) is 0 Å². The smallest absolute Gasteiger partial charge is 0.110 e. The van der Waals surface area contributed by atoms with Crippen molar-refractivity contribution in [3.63, 3.8) is 0 Å². The quantitative estimate of drug-likeness (QED) is 0.692. The average molecular weight is 197 g/mol. The fourth-order valence-corrected chi connectivity index (χ4v) is 1.80. The van der Waals surface area contributed by atoms with Crippen molar-refractivity contribution in [1.82, 2.24) is 5.32 Å². The van der Waals surface area contributed by atoms with E-state index in [1.807, 2.05) is 0 Å². The molecule has 1 aliphatic heterocycles. The van der Waals surface area contributed by atoms with Gasteiger partial charge in [0.05, 0.1) is 6.26 Å². The Bertz CT molecular complexity index is 211. The van der Waals surface area contributed by atoms with Crippen LogP contribution in [0.2, 0.25) is 0 Å². The SMILES string of the molecule is OCC1(CNCC2CCC=CO2)CC1. The molecule has 0 amide bonds. The molecule has 1 saturated carbocycles. The second-order valence-corrected chi connectivity index (χ2v) is 4.50. The van der Waals surface area contributed by atoms with Crippen molar-refractivity contribution >= 4 is 0 Å². The summed E-state index contributed by atoms with van der Waals surface area (Å²) in [5, 5.41) is 12.5. The van der Waals surface area contributed by atoms with Crippen LogP contribution in [0.25, 0.3) is 0 Å². The summed E-state index contributed by atoms with van der Waals surface area (Å²) >= 11 is 0. The average Bonchev–Trinajstić information content (AvgIpc) is 3.00. The van der Waals surface area contributed by atoms with Gasteiger partial charge in [-0.3, -0.25) is 0 Å². The van der Waals surface area contributed by atoms with Gasteiger partial charge in [-0.05, 0) is 31.8 Å². The van der Waals surface area contributed by atoms with E-state index in [1.54, 1.807) is 6.26 Å². The molecule has 0 aromatic heterocycles. The number of hydrogen-bond acceptors (Lipinski definition) is 3. The summed E-state index contributed by atoms with van der Waals surface area (Å²) < 4.78 is 5.44. The Morgan fingerprint density at radius 2 is 2.36 bits per heavy atom. The van der Waals surface area contributed by atoms with Crippen molar-refractivity contribution in [2.24, 2.45) is 5.41 Å². The van der Waals surface area contributed by atoms with E-state index in [-0.39, 0.29) is 5.41 Å². The predicted molar refractivity (Wildman–Crippen MR) is 54.9 cm³/mol. The monoisotopic (exact) mass is 197 g/mol. The second-order valence-electron chi connectivity index (χ2n) is 4.50. The number of aliphatic hydroxyl groups excluding tert-OH is 1. The van der Waals surface area contributed by atoms with E-state index in [9.17, 15) is 0 Å². The highest BCUT2D eigenvalue weighted by atomic mass is 16.5. The van der Waals surface area contributed by atoms with Gasteiger partial charge in [-0.25, -0.2) is 0 Å². The van der Waals surface area contributed by atoms with Crippen LogP contribution in [0.5, 0.6) is 0 Å². The number of allylic oxidation sites excluding steroid dienone is 1. The summed E-state index contributed by atoms with van der Waals surface area (Å²) in [5.74, 6) is 0. The zero-order chi connectivity index (χ0) is 9.86. The van der Waals surface area contributed by atoms with E-state index in [2.05, 4.69) is 11.4 Å². The molecule has 14 heavy (non-hydrogen) atoms. The largest absolute Gasteiger partial charge is 0.497 e. The molecular formula is C11H19NO2.